The van der Waals surface area contributed by atoms with Gasteiger partial charge in [-0.2, -0.15) is 0 Å². The van der Waals surface area contributed by atoms with Gasteiger partial charge in [0.05, 0.1) is 11.1 Å². The van der Waals surface area contributed by atoms with Crippen molar-refractivity contribution in [2.24, 2.45) is 0 Å². The molecule has 112 valence electrons. The van der Waals surface area contributed by atoms with Crippen LogP contribution >= 0.6 is 11.6 Å². The maximum Gasteiger partial charge on any atom is 0.128 e. The smallest absolute Gasteiger partial charge is 0.128 e. The van der Waals surface area contributed by atoms with Gasteiger partial charge in [0, 0.05) is 45.5 Å². The van der Waals surface area contributed by atoms with Gasteiger partial charge in [0.25, 0.3) is 0 Å². The Hall–Kier alpha value is -0.880. The van der Waals surface area contributed by atoms with Gasteiger partial charge in [-0.05, 0) is 26.2 Å². The molecule has 0 spiro atoms. The van der Waals surface area contributed by atoms with Gasteiger partial charge in [0.1, 0.15) is 5.82 Å². The van der Waals surface area contributed by atoms with E-state index in [-0.39, 0.29) is 6.10 Å². The van der Waals surface area contributed by atoms with Crippen LogP contribution in [-0.2, 0) is 0 Å². The quantitative estimate of drug-likeness (QED) is 0.890. The van der Waals surface area contributed by atoms with Crippen LogP contribution in [0.1, 0.15) is 0 Å². The van der Waals surface area contributed by atoms with E-state index in [1.54, 1.807) is 6.20 Å². The fourth-order valence-corrected chi connectivity index (χ4v) is 2.47. The summed E-state index contributed by atoms with van der Waals surface area (Å²) in [4.78, 5) is 10.9. The van der Waals surface area contributed by atoms with Crippen molar-refractivity contribution in [1.82, 2.24) is 14.8 Å². The van der Waals surface area contributed by atoms with Gasteiger partial charge in [-0.3, -0.25) is 4.90 Å². The first kappa shape index (κ1) is 15.5. The first-order valence-corrected chi connectivity index (χ1v) is 7.34. The van der Waals surface area contributed by atoms with Crippen LogP contribution in [0, 0.1) is 0 Å². The van der Waals surface area contributed by atoms with Crippen LogP contribution in [0.5, 0.6) is 0 Å². The zero-order valence-electron chi connectivity index (χ0n) is 12.2. The van der Waals surface area contributed by atoms with Crippen LogP contribution in [0.15, 0.2) is 18.3 Å². The molecule has 0 radical (unpaired) electrons. The Morgan fingerprint density at radius 3 is 2.80 bits per heavy atom. The molecule has 5 nitrogen and oxygen atoms in total. The number of likely N-dealkylation sites (N-methyl/N-ethyl adjacent to an activating group) is 1. The fraction of sp³-hybridized carbons (Fsp3) is 0.643. The molecule has 1 aliphatic rings. The molecular weight excluding hydrogens is 276 g/mol. The molecule has 2 rings (SSSR count). The molecule has 1 N–H and O–H groups in total. The van der Waals surface area contributed by atoms with Crippen LogP contribution in [0.3, 0.4) is 0 Å². The zero-order valence-corrected chi connectivity index (χ0v) is 12.9. The number of hydrogen-bond acceptors (Lipinski definition) is 5. The molecule has 1 aliphatic heterocycles. The third kappa shape index (κ3) is 4.59. The second-order valence-corrected chi connectivity index (χ2v) is 5.97. The summed E-state index contributed by atoms with van der Waals surface area (Å²) in [6.45, 7) is 5.14. The van der Waals surface area contributed by atoms with Crippen molar-refractivity contribution in [2.45, 2.75) is 6.10 Å². The summed E-state index contributed by atoms with van der Waals surface area (Å²) in [6, 6.07) is 3.75. The van der Waals surface area contributed by atoms with Gasteiger partial charge >= 0.3 is 0 Å². The van der Waals surface area contributed by atoms with E-state index in [2.05, 4.69) is 33.8 Å². The van der Waals surface area contributed by atoms with Crippen molar-refractivity contribution in [3.05, 3.63) is 23.4 Å². The topological polar surface area (TPSA) is 42.8 Å². The second-order valence-electron chi connectivity index (χ2n) is 5.54. The highest BCUT2D eigenvalue weighted by Gasteiger charge is 2.21. The van der Waals surface area contributed by atoms with E-state index in [1.165, 1.54) is 0 Å². The highest BCUT2D eigenvalue weighted by Crippen LogP contribution is 2.16. The minimum absolute atomic E-state index is 0.350. The van der Waals surface area contributed by atoms with E-state index in [9.17, 15) is 5.11 Å². The summed E-state index contributed by atoms with van der Waals surface area (Å²) in [6.07, 6.45) is 1.30. The second kappa shape index (κ2) is 7.22. The number of pyridine rings is 1. The van der Waals surface area contributed by atoms with Crippen molar-refractivity contribution in [3.63, 3.8) is 0 Å². The van der Waals surface area contributed by atoms with Gasteiger partial charge in [0.2, 0.25) is 0 Å². The highest BCUT2D eigenvalue weighted by molar-refractivity contribution is 6.30. The van der Waals surface area contributed by atoms with E-state index >= 15 is 0 Å². The molecule has 2 heterocycles. The minimum Gasteiger partial charge on any atom is -0.390 e. The molecule has 1 aromatic heterocycles. The van der Waals surface area contributed by atoms with E-state index in [0.29, 0.717) is 11.6 Å². The predicted molar refractivity (Wildman–Crippen MR) is 82.5 cm³/mol. The standard InChI is InChI=1S/C14H23ClN4O/c1-17(2)5-6-18-7-8-19(11-13(20)10-18)14-4-3-12(15)9-16-14/h3-4,9,13,20H,5-8,10-11H2,1-2H3/t13-/m0/s1. The number of nitrogens with zero attached hydrogens (tertiary/aromatic N) is 4. The Kier molecular flexibility index (Phi) is 5.60. The van der Waals surface area contributed by atoms with Crippen LogP contribution in [0.4, 0.5) is 5.82 Å². The Labute approximate surface area is 125 Å². The maximum absolute atomic E-state index is 10.2. The number of aromatic nitrogens is 1. The lowest BCUT2D eigenvalue weighted by atomic mass is 10.3. The number of aliphatic hydroxyl groups excluding tert-OH is 1. The zero-order chi connectivity index (χ0) is 14.5. The third-order valence-electron chi connectivity index (χ3n) is 3.49. The molecule has 0 unspecified atom stereocenters. The number of rotatable bonds is 4. The van der Waals surface area contributed by atoms with Gasteiger partial charge in [0.15, 0.2) is 0 Å². The number of aliphatic hydroxyl groups is 1. The molecule has 0 saturated carbocycles. The molecule has 1 atom stereocenters. The molecule has 0 amide bonds. The molecular formula is C14H23ClN4O. The number of hydrogen-bond donors (Lipinski definition) is 1. The van der Waals surface area contributed by atoms with Crippen LogP contribution in [0.25, 0.3) is 0 Å². The molecule has 0 aliphatic carbocycles. The molecule has 0 bridgehead atoms. The van der Waals surface area contributed by atoms with Crippen LogP contribution in [-0.4, -0.2) is 79.4 Å². The first-order chi connectivity index (χ1) is 9.54. The van der Waals surface area contributed by atoms with E-state index in [4.69, 9.17) is 11.6 Å². The molecule has 1 saturated heterocycles. The fourth-order valence-electron chi connectivity index (χ4n) is 2.36. The summed E-state index contributed by atoms with van der Waals surface area (Å²) in [7, 11) is 4.14. The van der Waals surface area contributed by atoms with Crippen molar-refractivity contribution in [2.75, 3.05) is 58.3 Å². The Balaban J connectivity index is 1.95. The first-order valence-electron chi connectivity index (χ1n) is 6.96. The Morgan fingerprint density at radius 2 is 2.15 bits per heavy atom. The number of β-amino-alcohol motifs (C(OH)–C–C–N with tert-alkyl or cyclic N) is 1. The van der Waals surface area contributed by atoms with Crippen molar-refractivity contribution in [3.8, 4) is 0 Å². The third-order valence-corrected chi connectivity index (χ3v) is 3.71. The van der Waals surface area contributed by atoms with Crippen molar-refractivity contribution >= 4 is 17.4 Å². The molecule has 1 aromatic rings. The summed E-state index contributed by atoms with van der Waals surface area (Å²) in [5, 5.41) is 10.8. The average Bonchev–Trinajstić information content (AvgIpc) is 2.59. The van der Waals surface area contributed by atoms with Crippen molar-refractivity contribution < 1.29 is 5.11 Å². The van der Waals surface area contributed by atoms with Crippen LogP contribution in [0.2, 0.25) is 5.02 Å². The lowest BCUT2D eigenvalue weighted by Crippen LogP contribution is -2.37. The lowest BCUT2D eigenvalue weighted by Gasteiger charge is -2.23. The van der Waals surface area contributed by atoms with Crippen molar-refractivity contribution in [1.29, 1.82) is 0 Å². The maximum atomic E-state index is 10.2. The molecule has 0 aromatic carbocycles. The van der Waals surface area contributed by atoms with Crippen LogP contribution < -0.4 is 4.90 Å². The normalized spacial score (nSPS) is 21.2. The monoisotopic (exact) mass is 298 g/mol. The number of anilines is 1. The van der Waals surface area contributed by atoms with E-state index in [0.717, 1.165) is 38.5 Å². The van der Waals surface area contributed by atoms with Gasteiger partial charge in [-0.1, -0.05) is 11.6 Å². The molecule has 6 heteroatoms. The Morgan fingerprint density at radius 1 is 1.35 bits per heavy atom. The summed E-state index contributed by atoms with van der Waals surface area (Å²) in [5.74, 6) is 0.878. The average molecular weight is 299 g/mol. The minimum atomic E-state index is -0.350. The molecule has 1 fully saturated rings. The highest BCUT2D eigenvalue weighted by atomic mass is 35.5. The van der Waals surface area contributed by atoms with E-state index in [1.807, 2.05) is 12.1 Å². The summed E-state index contributed by atoms with van der Waals surface area (Å²) < 4.78 is 0. The predicted octanol–water partition coefficient (Wildman–Crippen LogP) is 0.780. The summed E-state index contributed by atoms with van der Waals surface area (Å²) >= 11 is 5.86. The number of halogens is 1. The largest absolute Gasteiger partial charge is 0.390 e. The Bertz CT molecular complexity index is 412. The van der Waals surface area contributed by atoms with Gasteiger partial charge in [-0.15, -0.1) is 0 Å². The SMILES string of the molecule is CN(C)CCN1CCN(c2ccc(Cl)cn2)C[C@@H](O)C1. The van der Waals surface area contributed by atoms with Gasteiger partial charge in [-0.25, -0.2) is 4.98 Å². The lowest BCUT2D eigenvalue weighted by molar-refractivity contribution is 0.128. The summed E-state index contributed by atoms with van der Waals surface area (Å²) in [5.41, 5.74) is 0. The van der Waals surface area contributed by atoms with E-state index < -0.39 is 0 Å². The van der Waals surface area contributed by atoms with Gasteiger partial charge < -0.3 is 14.9 Å². The molecule has 20 heavy (non-hydrogen) atoms.